The van der Waals surface area contributed by atoms with Crippen LogP contribution in [0, 0.1) is 5.21 Å². The number of benzene rings is 2. The smallest absolute Gasteiger partial charge is 0.278 e. The number of aromatic nitrogens is 4. The fourth-order valence-electron chi connectivity index (χ4n) is 3.68. The molecule has 0 fully saturated rings. The van der Waals surface area contributed by atoms with Crippen LogP contribution in [0.1, 0.15) is 11.3 Å². The summed E-state index contributed by atoms with van der Waals surface area (Å²) in [6, 6.07) is 24.9. The van der Waals surface area contributed by atoms with Crippen molar-refractivity contribution in [2.24, 2.45) is 0 Å². The van der Waals surface area contributed by atoms with E-state index < -0.39 is 0 Å². The highest BCUT2D eigenvalue weighted by Crippen LogP contribution is 2.23. The second-order valence-corrected chi connectivity index (χ2v) is 7.21. The fourth-order valence-corrected chi connectivity index (χ4v) is 3.68. The van der Waals surface area contributed by atoms with Gasteiger partial charge < -0.3 is 5.21 Å². The molecule has 6 nitrogen and oxygen atoms in total. The average molecular weight is 406 g/mol. The Morgan fingerprint density at radius 3 is 2.58 bits per heavy atom. The van der Waals surface area contributed by atoms with Crippen LogP contribution in [0.4, 0.5) is 0 Å². The van der Waals surface area contributed by atoms with Crippen LogP contribution in [-0.2, 0) is 6.42 Å². The van der Waals surface area contributed by atoms with E-state index >= 15 is 0 Å². The van der Waals surface area contributed by atoms with Gasteiger partial charge in [-0.1, -0.05) is 42.5 Å². The van der Waals surface area contributed by atoms with Crippen LogP contribution >= 0.6 is 0 Å². The summed E-state index contributed by atoms with van der Waals surface area (Å²) in [6.07, 6.45) is 4.77. The number of fused-ring (bicyclic) bond motifs is 1. The van der Waals surface area contributed by atoms with Gasteiger partial charge in [-0.25, -0.2) is 9.97 Å². The Hall–Kier alpha value is -4.32. The van der Waals surface area contributed by atoms with Crippen molar-refractivity contribution in [1.29, 1.82) is 0 Å². The molecule has 0 saturated carbocycles. The summed E-state index contributed by atoms with van der Waals surface area (Å²) in [5, 5.41) is 11.6. The average Bonchev–Trinajstić information content (AvgIpc) is 2.80. The lowest BCUT2D eigenvalue weighted by atomic mass is 10.1. The summed E-state index contributed by atoms with van der Waals surface area (Å²) in [5.74, 6) is 0. The van der Waals surface area contributed by atoms with Crippen LogP contribution in [0.3, 0.4) is 0 Å². The van der Waals surface area contributed by atoms with Crippen LogP contribution in [0.25, 0.3) is 28.0 Å². The molecule has 150 valence electrons. The van der Waals surface area contributed by atoms with Crippen molar-refractivity contribution in [1.82, 2.24) is 14.5 Å². The molecule has 0 unspecified atom stereocenters. The number of rotatable bonds is 4. The molecule has 0 bridgehead atoms. The van der Waals surface area contributed by atoms with Crippen LogP contribution in [0.15, 0.2) is 102 Å². The maximum atomic E-state index is 13.5. The number of hydrogen-bond acceptors (Lipinski definition) is 4. The van der Waals surface area contributed by atoms with Crippen molar-refractivity contribution >= 4 is 11.2 Å². The van der Waals surface area contributed by atoms with E-state index in [1.54, 1.807) is 22.9 Å². The first-order valence-corrected chi connectivity index (χ1v) is 9.89. The van der Waals surface area contributed by atoms with Crippen molar-refractivity contribution in [2.75, 3.05) is 0 Å². The Morgan fingerprint density at radius 2 is 1.74 bits per heavy atom. The van der Waals surface area contributed by atoms with E-state index in [1.165, 1.54) is 12.4 Å². The van der Waals surface area contributed by atoms with E-state index in [-0.39, 0.29) is 12.0 Å². The van der Waals surface area contributed by atoms with Gasteiger partial charge in [-0.05, 0) is 41.5 Å². The Bertz CT molecular complexity index is 1450. The normalized spacial score (nSPS) is 11.0. The van der Waals surface area contributed by atoms with Gasteiger partial charge in [0.2, 0.25) is 0 Å². The lowest BCUT2D eigenvalue weighted by molar-refractivity contribution is -0.605. The Morgan fingerprint density at radius 1 is 0.903 bits per heavy atom. The van der Waals surface area contributed by atoms with Gasteiger partial charge in [0.1, 0.15) is 11.2 Å². The SMILES string of the molecule is O=c1c(Cc2ccc[n+]([O-])c2)nc2cccnc2n1-c1cccc(-c2ccccc2)c1. The fraction of sp³-hybridized carbons (Fsp3) is 0.0400. The van der Waals surface area contributed by atoms with E-state index in [0.29, 0.717) is 22.5 Å². The van der Waals surface area contributed by atoms with Gasteiger partial charge in [-0.15, -0.1) is 0 Å². The molecule has 5 aromatic rings. The maximum Gasteiger partial charge on any atom is 0.278 e. The lowest BCUT2D eigenvalue weighted by Crippen LogP contribution is -2.27. The van der Waals surface area contributed by atoms with E-state index in [9.17, 15) is 10.0 Å². The van der Waals surface area contributed by atoms with E-state index in [1.807, 2.05) is 66.7 Å². The molecule has 0 N–H and O–H groups in total. The second kappa shape index (κ2) is 7.84. The minimum absolute atomic E-state index is 0.252. The second-order valence-electron chi connectivity index (χ2n) is 7.21. The van der Waals surface area contributed by atoms with Crippen molar-refractivity contribution in [3.05, 3.63) is 124 Å². The van der Waals surface area contributed by atoms with Gasteiger partial charge in [0.05, 0.1) is 5.69 Å². The molecule has 3 aromatic heterocycles. The van der Waals surface area contributed by atoms with Gasteiger partial charge in [0.15, 0.2) is 18.0 Å². The minimum atomic E-state index is -0.252. The Labute approximate surface area is 178 Å². The lowest BCUT2D eigenvalue weighted by Gasteiger charge is -2.13. The number of hydrogen-bond donors (Lipinski definition) is 0. The highest BCUT2D eigenvalue weighted by Gasteiger charge is 2.15. The third-order valence-electron chi connectivity index (χ3n) is 5.10. The molecule has 3 heterocycles. The summed E-state index contributed by atoms with van der Waals surface area (Å²) in [5.41, 5.74) is 4.72. The summed E-state index contributed by atoms with van der Waals surface area (Å²) < 4.78 is 2.32. The highest BCUT2D eigenvalue weighted by molar-refractivity contribution is 5.73. The topological polar surface area (TPSA) is 74.7 Å². The van der Waals surface area contributed by atoms with Crippen LogP contribution in [0.5, 0.6) is 0 Å². The third-order valence-corrected chi connectivity index (χ3v) is 5.10. The molecule has 0 saturated heterocycles. The molecule has 0 atom stereocenters. The van der Waals surface area contributed by atoms with Crippen molar-refractivity contribution < 1.29 is 4.73 Å². The molecule has 2 aromatic carbocycles. The van der Waals surface area contributed by atoms with Crippen LogP contribution in [-0.4, -0.2) is 14.5 Å². The van der Waals surface area contributed by atoms with Gasteiger partial charge in [0.25, 0.3) is 5.56 Å². The molecule has 6 heteroatoms. The molecule has 0 aliphatic carbocycles. The summed E-state index contributed by atoms with van der Waals surface area (Å²) in [4.78, 5) is 22.5. The molecule has 5 rings (SSSR count). The first-order valence-electron chi connectivity index (χ1n) is 9.89. The maximum absolute atomic E-state index is 13.5. The molecular formula is C25H18N4O2. The van der Waals surface area contributed by atoms with E-state index in [4.69, 9.17) is 0 Å². The van der Waals surface area contributed by atoms with Gasteiger partial charge in [-0.3, -0.25) is 9.36 Å². The molecular weight excluding hydrogens is 388 g/mol. The molecule has 0 radical (unpaired) electrons. The molecule has 0 aliphatic heterocycles. The van der Waals surface area contributed by atoms with E-state index in [0.717, 1.165) is 21.4 Å². The predicted octanol–water partition coefficient (Wildman–Crippen LogP) is 3.67. The summed E-state index contributed by atoms with van der Waals surface area (Å²) in [7, 11) is 0. The Kier molecular flexibility index (Phi) is 4.72. The zero-order valence-corrected chi connectivity index (χ0v) is 16.6. The highest BCUT2D eigenvalue weighted by atomic mass is 16.5. The predicted molar refractivity (Wildman–Crippen MR) is 119 cm³/mol. The van der Waals surface area contributed by atoms with E-state index in [2.05, 4.69) is 9.97 Å². The van der Waals surface area contributed by atoms with Crippen LogP contribution < -0.4 is 10.3 Å². The first kappa shape index (κ1) is 18.7. The number of nitrogens with zero attached hydrogens (tertiary/aromatic N) is 4. The summed E-state index contributed by atoms with van der Waals surface area (Å²) >= 11 is 0. The molecule has 0 amide bonds. The molecule has 0 spiro atoms. The van der Waals surface area contributed by atoms with Crippen LogP contribution in [0.2, 0.25) is 0 Å². The zero-order chi connectivity index (χ0) is 21.2. The minimum Gasteiger partial charge on any atom is -0.619 e. The van der Waals surface area contributed by atoms with Gasteiger partial charge in [-0.2, -0.15) is 4.73 Å². The Balaban J connectivity index is 1.70. The third kappa shape index (κ3) is 3.67. The molecule has 0 aliphatic rings. The van der Waals surface area contributed by atoms with Gasteiger partial charge >= 0.3 is 0 Å². The standard InChI is InChI=1S/C25H18N4O2/c30-25-23(15-18-7-6-14-28(31)17-18)27-22-12-5-13-26-24(22)29(25)21-11-4-10-20(16-21)19-8-2-1-3-9-19/h1-14,16-17H,15H2. The largest absolute Gasteiger partial charge is 0.619 e. The summed E-state index contributed by atoms with van der Waals surface area (Å²) in [6.45, 7) is 0. The quantitative estimate of drug-likeness (QED) is 0.337. The number of pyridine rings is 2. The molecule has 31 heavy (non-hydrogen) atoms. The first-order chi connectivity index (χ1) is 15.2. The van der Waals surface area contributed by atoms with Gasteiger partial charge in [0, 0.05) is 24.2 Å². The van der Waals surface area contributed by atoms with Crippen molar-refractivity contribution in [2.45, 2.75) is 6.42 Å². The zero-order valence-electron chi connectivity index (χ0n) is 16.6. The monoisotopic (exact) mass is 406 g/mol. The van der Waals surface area contributed by atoms with Crippen molar-refractivity contribution in [3.63, 3.8) is 0 Å². The van der Waals surface area contributed by atoms with Crippen molar-refractivity contribution in [3.8, 4) is 16.8 Å².